The van der Waals surface area contributed by atoms with E-state index in [0.29, 0.717) is 0 Å². The van der Waals surface area contributed by atoms with E-state index < -0.39 is 0 Å². The van der Waals surface area contributed by atoms with E-state index in [-0.39, 0.29) is 0 Å². The van der Waals surface area contributed by atoms with Crippen molar-refractivity contribution in [3.8, 4) is 0 Å². The molecule has 0 heterocycles. The molecular weight excluding hydrogens is 336 g/mol. The largest absolute Gasteiger partial charge is 0.0883 e. The molecule has 0 amide bonds. The van der Waals surface area contributed by atoms with Crippen molar-refractivity contribution in [3.63, 3.8) is 0 Å². The van der Waals surface area contributed by atoms with Crippen LogP contribution in [0.2, 0.25) is 0 Å². The predicted molar refractivity (Wildman–Crippen MR) is 129 cm³/mol. The van der Waals surface area contributed by atoms with Crippen molar-refractivity contribution >= 4 is 0 Å². The number of unbranched alkanes of at least 4 members (excludes halogenated alkanes) is 1. The molecule has 0 nitrogen and oxygen atoms in total. The molecule has 5 atom stereocenters. The summed E-state index contributed by atoms with van der Waals surface area (Å²) in [7, 11) is 0. The lowest BCUT2D eigenvalue weighted by Gasteiger charge is -2.17. The van der Waals surface area contributed by atoms with Crippen LogP contribution in [0.4, 0.5) is 0 Å². The molecule has 0 N–H and O–H groups in total. The van der Waals surface area contributed by atoms with Crippen LogP contribution in [-0.2, 0) is 0 Å². The highest BCUT2D eigenvalue weighted by Crippen LogP contribution is 2.44. The number of rotatable bonds is 17. The number of hydrogen-bond acceptors (Lipinski definition) is 0. The first kappa shape index (κ1) is 25.5. The van der Waals surface area contributed by atoms with E-state index in [2.05, 4.69) is 59.8 Å². The normalized spacial score (nSPS) is 23.1. The third kappa shape index (κ3) is 11.5. The summed E-state index contributed by atoms with van der Waals surface area (Å²) in [6.45, 7) is 14.2. The summed E-state index contributed by atoms with van der Waals surface area (Å²) in [6.07, 6.45) is 25.4. The van der Waals surface area contributed by atoms with Crippen LogP contribution in [0.3, 0.4) is 0 Å². The quantitative estimate of drug-likeness (QED) is 0.172. The minimum atomic E-state index is 0.725. The SMILES string of the molecule is CCCC(CC)CCCC=CC(C)C(C)CCCC(C)=CCCC1CC1CC. The summed E-state index contributed by atoms with van der Waals surface area (Å²) in [5, 5.41) is 0. The van der Waals surface area contributed by atoms with E-state index in [0.717, 1.165) is 29.6 Å². The fourth-order valence-electron chi connectivity index (χ4n) is 4.76. The summed E-state index contributed by atoms with van der Waals surface area (Å²) in [6, 6.07) is 0. The van der Waals surface area contributed by atoms with Crippen molar-refractivity contribution in [1.29, 1.82) is 0 Å². The molecule has 1 fully saturated rings. The molecule has 0 radical (unpaired) electrons. The number of hydrogen-bond donors (Lipinski definition) is 0. The molecule has 0 saturated heterocycles. The van der Waals surface area contributed by atoms with E-state index in [1.165, 1.54) is 83.5 Å². The van der Waals surface area contributed by atoms with Gasteiger partial charge in [0.15, 0.2) is 0 Å². The average molecular weight is 389 g/mol. The van der Waals surface area contributed by atoms with Crippen LogP contribution < -0.4 is 0 Å². The Hall–Kier alpha value is -0.520. The Morgan fingerprint density at radius 2 is 1.75 bits per heavy atom. The Bertz CT molecular complexity index is 429. The smallest absolute Gasteiger partial charge is 0.0236 e. The second-order valence-corrected chi connectivity index (χ2v) is 9.94. The van der Waals surface area contributed by atoms with Crippen LogP contribution in [0.5, 0.6) is 0 Å². The minimum Gasteiger partial charge on any atom is -0.0883 e. The zero-order valence-electron chi connectivity index (χ0n) is 20.3. The van der Waals surface area contributed by atoms with E-state index in [1.54, 1.807) is 5.57 Å². The van der Waals surface area contributed by atoms with E-state index in [9.17, 15) is 0 Å². The summed E-state index contributed by atoms with van der Waals surface area (Å²) in [5.41, 5.74) is 1.63. The van der Waals surface area contributed by atoms with Crippen molar-refractivity contribution in [2.45, 2.75) is 125 Å². The second-order valence-electron chi connectivity index (χ2n) is 9.94. The number of allylic oxidation sites excluding steroid dienone is 4. The summed E-state index contributed by atoms with van der Waals surface area (Å²) in [5.74, 6) is 4.62. The van der Waals surface area contributed by atoms with Gasteiger partial charge in [0.05, 0.1) is 0 Å². The van der Waals surface area contributed by atoms with Crippen molar-refractivity contribution in [1.82, 2.24) is 0 Å². The summed E-state index contributed by atoms with van der Waals surface area (Å²) < 4.78 is 0. The molecule has 0 bridgehead atoms. The molecule has 5 unspecified atom stereocenters. The van der Waals surface area contributed by atoms with Gasteiger partial charge in [-0.2, -0.15) is 0 Å². The fourth-order valence-corrected chi connectivity index (χ4v) is 4.76. The zero-order chi connectivity index (χ0) is 20.8. The molecule has 0 aliphatic heterocycles. The van der Waals surface area contributed by atoms with Gasteiger partial charge >= 0.3 is 0 Å². The first-order valence-electron chi connectivity index (χ1n) is 12.8. The Morgan fingerprint density at radius 3 is 2.39 bits per heavy atom. The Kier molecular flexibility index (Phi) is 14.0. The Labute approximate surface area is 178 Å². The first-order chi connectivity index (χ1) is 13.5. The molecule has 0 aromatic rings. The average Bonchev–Trinajstić information content (AvgIpc) is 3.45. The summed E-state index contributed by atoms with van der Waals surface area (Å²) in [4.78, 5) is 0. The predicted octanol–water partition coefficient (Wildman–Crippen LogP) is 9.75. The minimum absolute atomic E-state index is 0.725. The molecule has 164 valence electrons. The van der Waals surface area contributed by atoms with Gasteiger partial charge in [-0.25, -0.2) is 0 Å². The molecule has 1 rings (SSSR count). The van der Waals surface area contributed by atoms with Gasteiger partial charge < -0.3 is 0 Å². The molecule has 0 spiro atoms. The van der Waals surface area contributed by atoms with Crippen LogP contribution >= 0.6 is 0 Å². The van der Waals surface area contributed by atoms with Gasteiger partial charge in [-0.1, -0.05) is 90.5 Å². The highest BCUT2D eigenvalue weighted by molar-refractivity contribution is 4.99. The van der Waals surface area contributed by atoms with Gasteiger partial charge in [-0.3, -0.25) is 0 Å². The monoisotopic (exact) mass is 388 g/mol. The molecule has 1 aliphatic carbocycles. The van der Waals surface area contributed by atoms with Crippen LogP contribution in [0.15, 0.2) is 23.8 Å². The van der Waals surface area contributed by atoms with Crippen LogP contribution in [0.25, 0.3) is 0 Å². The third-order valence-electron chi connectivity index (χ3n) is 7.45. The van der Waals surface area contributed by atoms with Crippen LogP contribution in [0, 0.1) is 29.6 Å². The molecule has 0 heteroatoms. The van der Waals surface area contributed by atoms with Crippen LogP contribution in [0.1, 0.15) is 125 Å². The third-order valence-corrected chi connectivity index (χ3v) is 7.45. The maximum atomic E-state index is 2.53. The van der Waals surface area contributed by atoms with Gasteiger partial charge in [0.2, 0.25) is 0 Å². The van der Waals surface area contributed by atoms with Crippen molar-refractivity contribution in [3.05, 3.63) is 23.8 Å². The Morgan fingerprint density at radius 1 is 0.964 bits per heavy atom. The Balaban J connectivity index is 2.09. The lowest BCUT2D eigenvalue weighted by atomic mass is 9.89. The molecule has 0 aromatic carbocycles. The lowest BCUT2D eigenvalue weighted by Crippen LogP contribution is -2.05. The van der Waals surface area contributed by atoms with Gasteiger partial charge in [-0.15, -0.1) is 0 Å². The molecule has 28 heavy (non-hydrogen) atoms. The van der Waals surface area contributed by atoms with Gasteiger partial charge in [0.1, 0.15) is 0 Å². The fraction of sp³-hybridized carbons (Fsp3) is 0.857. The van der Waals surface area contributed by atoms with Gasteiger partial charge in [0.25, 0.3) is 0 Å². The van der Waals surface area contributed by atoms with E-state index >= 15 is 0 Å². The molecule has 1 saturated carbocycles. The highest BCUT2D eigenvalue weighted by atomic mass is 14.4. The van der Waals surface area contributed by atoms with Crippen LogP contribution in [-0.4, -0.2) is 0 Å². The maximum absolute atomic E-state index is 2.53. The first-order valence-corrected chi connectivity index (χ1v) is 12.8. The lowest BCUT2D eigenvalue weighted by molar-refractivity contribution is 0.411. The van der Waals surface area contributed by atoms with Gasteiger partial charge in [-0.05, 0) is 87.9 Å². The second kappa shape index (κ2) is 15.3. The maximum Gasteiger partial charge on any atom is -0.0236 e. The zero-order valence-corrected chi connectivity index (χ0v) is 20.3. The molecule has 0 aromatic heterocycles. The van der Waals surface area contributed by atoms with E-state index in [1.807, 2.05) is 0 Å². The van der Waals surface area contributed by atoms with E-state index in [4.69, 9.17) is 0 Å². The van der Waals surface area contributed by atoms with Crippen molar-refractivity contribution in [2.75, 3.05) is 0 Å². The van der Waals surface area contributed by atoms with Crippen molar-refractivity contribution in [2.24, 2.45) is 29.6 Å². The molecular formula is C28H52. The highest BCUT2D eigenvalue weighted by Gasteiger charge is 2.33. The van der Waals surface area contributed by atoms with Crippen molar-refractivity contribution < 1.29 is 0 Å². The standard InChI is InChI=1S/C28H52/c1-7-15-26(8-2)20-12-10-11-18-24(5)25(6)19-13-16-23(4)17-14-21-28-22-27(28)9-3/h11,17-18,24-28H,7-10,12-16,19-22H2,1-6H3. The molecule has 1 aliphatic rings. The summed E-state index contributed by atoms with van der Waals surface area (Å²) >= 11 is 0. The van der Waals surface area contributed by atoms with Gasteiger partial charge in [0, 0.05) is 0 Å². The topological polar surface area (TPSA) is 0 Å².